The van der Waals surface area contributed by atoms with E-state index in [0.29, 0.717) is 29.7 Å². The topological polar surface area (TPSA) is 181 Å². The lowest BCUT2D eigenvalue weighted by Crippen LogP contribution is -2.51. The van der Waals surface area contributed by atoms with E-state index in [1.54, 1.807) is 13.0 Å². The molecule has 5 atom stereocenters. The van der Waals surface area contributed by atoms with E-state index in [-0.39, 0.29) is 62.3 Å². The number of aromatic amines is 1. The quantitative estimate of drug-likeness (QED) is 0.174. The van der Waals surface area contributed by atoms with Crippen LogP contribution in [0.1, 0.15) is 32.8 Å². The number of sulfonamides is 1. The zero-order valence-corrected chi connectivity index (χ0v) is 27.6. The third-order valence-electron chi connectivity index (χ3n) is 8.15. The van der Waals surface area contributed by atoms with Crippen LogP contribution in [0.2, 0.25) is 0 Å². The van der Waals surface area contributed by atoms with Gasteiger partial charge in [0.1, 0.15) is 12.6 Å². The molecule has 3 heterocycles. The van der Waals surface area contributed by atoms with Crippen molar-refractivity contribution in [1.29, 1.82) is 0 Å². The predicted octanol–water partition coefficient (Wildman–Crippen LogP) is 2.64. The standard InChI is InChI=1S/C32H43N5O9S/c1-4-43-29(39)16-33-30-24-15-22(10-11-25(24)35-36-30)47(41,42)37(17-20(2)3)18-27(38)26(14-21-8-6-5-7-9-21)34-32(40)46-28-19-45-31-23(28)12-13-44-31/h5-11,15,20,23,26-28,31,38H,4,12-14,16-19H2,1-3H3,(H,34,40)(H2,33,35,36)/t23-,26-,27+,28?,31+/m0/s1. The SMILES string of the molecule is CCOC(=O)CNc1n[nH]c2ccc(S(=O)(=O)N(CC(C)C)C[C@@H](O)[C@H](Cc3ccccc3)NC(=O)OC3CO[C@H]4OCC[C@@H]34)cc12. The molecule has 0 spiro atoms. The van der Waals surface area contributed by atoms with Crippen molar-refractivity contribution in [3.05, 3.63) is 54.1 Å². The molecule has 2 saturated heterocycles. The van der Waals surface area contributed by atoms with Crippen LogP contribution in [0.3, 0.4) is 0 Å². The molecule has 0 aliphatic carbocycles. The highest BCUT2D eigenvalue weighted by Gasteiger charge is 2.44. The van der Waals surface area contributed by atoms with Gasteiger partial charge in [0, 0.05) is 18.5 Å². The number of aliphatic hydroxyl groups is 1. The molecule has 47 heavy (non-hydrogen) atoms. The van der Waals surface area contributed by atoms with Crippen LogP contribution in [0.5, 0.6) is 0 Å². The maximum atomic E-state index is 14.1. The molecule has 3 aromatic rings. The number of ether oxygens (including phenoxy) is 4. The number of nitrogens with zero attached hydrogens (tertiary/aromatic N) is 2. The van der Waals surface area contributed by atoms with Crippen LogP contribution in [0, 0.1) is 11.8 Å². The number of benzene rings is 2. The van der Waals surface area contributed by atoms with Crippen LogP contribution in [0.4, 0.5) is 10.6 Å². The molecule has 1 aromatic heterocycles. The fourth-order valence-corrected chi connectivity index (χ4v) is 7.49. The molecule has 2 fully saturated rings. The van der Waals surface area contributed by atoms with Crippen molar-refractivity contribution in [3.63, 3.8) is 0 Å². The van der Waals surface area contributed by atoms with Gasteiger partial charge in [0.15, 0.2) is 12.1 Å². The Hall–Kier alpha value is -3.76. The summed E-state index contributed by atoms with van der Waals surface area (Å²) >= 11 is 0. The first kappa shape index (κ1) is 34.6. The summed E-state index contributed by atoms with van der Waals surface area (Å²) in [4.78, 5) is 25.0. The van der Waals surface area contributed by atoms with E-state index in [1.807, 2.05) is 44.2 Å². The number of alkyl carbamates (subject to hydrolysis) is 1. The van der Waals surface area contributed by atoms with Gasteiger partial charge >= 0.3 is 12.1 Å². The van der Waals surface area contributed by atoms with Crippen molar-refractivity contribution in [2.45, 2.75) is 63.0 Å². The van der Waals surface area contributed by atoms with Crippen LogP contribution >= 0.6 is 0 Å². The lowest BCUT2D eigenvalue weighted by molar-refractivity contribution is -0.140. The molecule has 0 radical (unpaired) electrons. The number of rotatable bonds is 15. The highest BCUT2D eigenvalue weighted by molar-refractivity contribution is 7.89. The zero-order valence-electron chi connectivity index (χ0n) is 26.8. The molecule has 0 saturated carbocycles. The van der Waals surface area contributed by atoms with E-state index in [0.717, 1.165) is 5.56 Å². The van der Waals surface area contributed by atoms with E-state index in [4.69, 9.17) is 18.9 Å². The van der Waals surface area contributed by atoms with Crippen LogP contribution in [0.25, 0.3) is 10.9 Å². The summed E-state index contributed by atoms with van der Waals surface area (Å²) in [6.45, 7) is 6.13. The largest absolute Gasteiger partial charge is 0.465 e. The summed E-state index contributed by atoms with van der Waals surface area (Å²) in [7, 11) is -4.14. The van der Waals surface area contributed by atoms with Crippen molar-refractivity contribution in [2.24, 2.45) is 11.8 Å². The molecule has 0 bridgehead atoms. The molecule has 256 valence electrons. The van der Waals surface area contributed by atoms with Crippen LogP contribution < -0.4 is 10.6 Å². The maximum absolute atomic E-state index is 14.1. The Kier molecular flexibility index (Phi) is 11.3. The number of hydrogen-bond donors (Lipinski definition) is 4. The molecular weight excluding hydrogens is 630 g/mol. The fraction of sp³-hybridized carbons (Fsp3) is 0.531. The molecule has 2 aliphatic heterocycles. The third-order valence-corrected chi connectivity index (χ3v) is 9.97. The first-order valence-electron chi connectivity index (χ1n) is 15.8. The number of aromatic nitrogens is 2. The molecule has 1 unspecified atom stereocenters. The van der Waals surface area contributed by atoms with Gasteiger partial charge in [-0.25, -0.2) is 13.2 Å². The molecular formula is C32H43N5O9S. The normalized spacial score (nSPS) is 20.7. The molecule has 5 rings (SSSR count). The number of amides is 1. The van der Waals surface area contributed by atoms with Gasteiger partial charge in [0.05, 0.1) is 48.3 Å². The van der Waals surface area contributed by atoms with Gasteiger partial charge in [-0.2, -0.15) is 9.40 Å². The monoisotopic (exact) mass is 673 g/mol. The average Bonchev–Trinajstić information content (AvgIpc) is 3.77. The number of esters is 1. The third kappa shape index (κ3) is 8.59. The number of carbonyl (C=O) groups is 2. The lowest BCUT2D eigenvalue weighted by atomic mass is 10.0. The molecule has 1 amide bonds. The molecule has 2 aliphatic rings. The van der Waals surface area contributed by atoms with Gasteiger partial charge in [0.2, 0.25) is 10.0 Å². The molecule has 15 heteroatoms. The van der Waals surface area contributed by atoms with Crippen molar-refractivity contribution >= 4 is 38.8 Å². The van der Waals surface area contributed by atoms with Gasteiger partial charge in [-0.15, -0.1) is 0 Å². The van der Waals surface area contributed by atoms with Gasteiger partial charge in [-0.3, -0.25) is 9.89 Å². The van der Waals surface area contributed by atoms with Crippen molar-refractivity contribution in [2.75, 3.05) is 44.8 Å². The van der Waals surface area contributed by atoms with Crippen LogP contribution in [0.15, 0.2) is 53.4 Å². The number of fused-ring (bicyclic) bond motifs is 2. The van der Waals surface area contributed by atoms with E-state index >= 15 is 0 Å². The highest BCUT2D eigenvalue weighted by atomic mass is 32.2. The predicted molar refractivity (Wildman–Crippen MR) is 172 cm³/mol. The van der Waals surface area contributed by atoms with Gasteiger partial charge in [0.25, 0.3) is 0 Å². The van der Waals surface area contributed by atoms with E-state index in [9.17, 15) is 23.1 Å². The van der Waals surface area contributed by atoms with Crippen molar-refractivity contribution < 1.29 is 42.1 Å². The zero-order chi connectivity index (χ0) is 33.6. The van der Waals surface area contributed by atoms with Gasteiger partial charge in [-0.05, 0) is 49.4 Å². The Morgan fingerprint density at radius 2 is 1.94 bits per heavy atom. The van der Waals surface area contributed by atoms with Crippen molar-refractivity contribution in [3.8, 4) is 0 Å². The minimum Gasteiger partial charge on any atom is -0.465 e. The second-order valence-electron chi connectivity index (χ2n) is 12.1. The second-order valence-corrected chi connectivity index (χ2v) is 14.1. The Balaban J connectivity index is 1.35. The maximum Gasteiger partial charge on any atom is 0.407 e. The van der Waals surface area contributed by atoms with Crippen molar-refractivity contribution in [1.82, 2.24) is 19.8 Å². The average molecular weight is 674 g/mol. The number of nitrogens with one attached hydrogen (secondary N) is 3. The smallest absolute Gasteiger partial charge is 0.407 e. The first-order chi connectivity index (χ1) is 22.5. The summed E-state index contributed by atoms with van der Waals surface area (Å²) in [6, 6.07) is 13.0. The van der Waals surface area contributed by atoms with Crippen LogP contribution in [-0.4, -0.2) is 104 Å². The van der Waals surface area contributed by atoms with Gasteiger partial charge < -0.3 is 34.7 Å². The summed E-state index contributed by atoms with van der Waals surface area (Å²) in [5, 5.41) is 24.7. The summed E-state index contributed by atoms with van der Waals surface area (Å²) in [5.74, 6) is -0.307. The minimum atomic E-state index is -4.14. The Bertz CT molecular complexity index is 1620. The van der Waals surface area contributed by atoms with Crippen LogP contribution in [-0.2, 0) is 40.2 Å². The number of carbonyl (C=O) groups excluding carboxylic acids is 2. The summed E-state index contributed by atoms with van der Waals surface area (Å²) in [6.07, 6.45) is -1.94. The van der Waals surface area contributed by atoms with E-state index in [1.165, 1.54) is 16.4 Å². The number of aliphatic hydroxyl groups excluding tert-OH is 1. The summed E-state index contributed by atoms with van der Waals surface area (Å²) < 4.78 is 51.2. The molecule has 2 aromatic carbocycles. The highest BCUT2D eigenvalue weighted by Crippen LogP contribution is 2.33. The Labute approximate surface area is 274 Å². The second kappa shape index (κ2) is 15.4. The Morgan fingerprint density at radius 3 is 2.68 bits per heavy atom. The first-order valence-corrected chi connectivity index (χ1v) is 17.3. The van der Waals surface area contributed by atoms with Gasteiger partial charge in [-0.1, -0.05) is 44.2 Å². The molecule has 14 nitrogen and oxygen atoms in total. The number of hydrogen-bond acceptors (Lipinski definition) is 11. The number of H-pyrrole nitrogens is 1. The Morgan fingerprint density at radius 1 is 1.15 bits per heavy atom. The number of anilines is 1. The fourth-order valence-electron chi connectivity index (χ4n) is 5.84. The molecule has 4 N–H and O–H groups in total. The van der Waals surface area contributed by atoms with E-state index in [2.05, 4.69) is 20.8 Å². The summed E-state index contributed by atoms with van der Waals surface area (Å²) in [5.41, 5.74) is 1.41. The lowest BCUT2D eigenvalue weighted by Gasteiger charge is -2.31. The van der Waals surface area contributed by atoms with E-state index < -0.39 is 40.3 Å². The minimum absolute atomic E-state index is 0.0139.